The van der Waals surface area contributed by atoms with E-state index >= 15 is 0 Å². The molecule has 2 aromatic rings. The van der Waals surface area contributed by atoms with Crippen molar-refractivity contribution in [2.24, 2.45) is 0 Å². The summed E-state index contributed by atoms with van der Waals surface area (Å²) in [5, 5.41) is 10.8. The summed E-state index contributed by atoms with van der Waals surface area (Å²) in [7, 11) is 0. The normalized spacial score (nSPS) is 11.0. The zero-order valence-electron chi connectivity index (χ0n) is 12.4. The molecule has 22 heavy (non-hydrogen) atoms. The van der Waals surface area contributed by atoms with E-state index in [1.54, 1.807) is 0 Å². The Labute approximate surface area is 129 Å². The van der Waals surface area contributed by atoms with Crippen LogP contribution in [0.15, 0.2) is 60.7 Å². The number of carbonyl (C=O) groups excluding carboxylic acids is 2. The molecule has 2 aromatic carbocycles. The van der Waals surface area contributed by atoms with E-state index in [1.807, 2.05) is 60.7 Å². The molecular formula is C18H18O4. The van der Waals surface area contributed by atoms with E-state index in [0.29, 0.717) is 0 Å². The Kier molecular flexibility index (Phi) is 5.07. The average Bonchev–Trinajstić information content (AvgIpc) is 2.48. The monoisotopic (exact) mass is 298 g/mol. The third kappa shape index (κ3) is 4.27. The number of aliphatic hydroxyl groups is 1. The van der Waals surface area contributed by atoms with Crippen LogP contribution < -0.4 is 0 Å². The Morgan fingerprint density at radius 2 is 1.32 bits per heavy atom. The Morgan fingerprint density at radius 3 is 1.68 bits per heavy atom. The molecule has 0 aliphatic heterocycles. The molecule has 0 aliphatic carbocycles. The predicted octanol–water partition coefficient (Wildman–Crippen LogP) is 2.29. The minimum absolute atomic E-state index is 0.0782. The van der Waals surface area contributed by atoms with Gasteiger partial charge in [0.25, 0.3) is 0 Å². The van der Waals surface area contributed by atoms with Crippen molar-refractivity contribution in [1.29, 1.82) is 0 Å². The highest BCUT2D eigenvalue weighted by Gasteiger charge is 2.39. The second-order valence-electron chi connectivity index (χ2n) is 5.24. The Balaban J connectivity index is 2.27. The maximum absolute atomic E-state index is 12.2. The highest BCUT2D eigenvalue weighted by atomic mass is 16.6. The highest BCUT2D eigenvalue weighted by molar-refractivity contribution is 5.89. The molecule has 4 nitrogen and oxygen atoms in total. The van der Waals surface area contributed by atoms with Crippen LogP contribution in [0.1, 0.15) is 18.1 Å². The number of esters is 2. The standard InChI is InChI=1S/C18H18O4/c1-14(19)22-17(20)18(21,12-15-8-4-2-5-9-15)13-16-10-6-3-7-11-16/h2-11,21H,12-13H2,1H3. The van der Waals surface area contributed by atoms with Crippen LogP contribution in [0.25, 0.3) is 0 Å². The van der Waals surface area contributed by atoms with Gasteiger partial charge in [0.15, 0.2) is 5.60 Å². The molecule has 2 rings (SSSR count). The molecule has 0 bridgehead atoms. The number of hydrogen-bond donors (Lipinski definition) is 1. The van der Waals surface area contributed by atoms with E-state index in [2.05, 4.69) is 4.74 Å². The molecule has 0 aromatic heterocycles. The van der Waals surface area contributed by atoms with Crippen molar-refractivity contribution in [2.45, 2.75) is 25.4 Å². The first kappa shape index (κ1) is 15.9. The van der Waals surface area contributed by atoms with Crippen LogP contribution in [-0.2, 0) is 27.2 Å². The summed E-state index contributed by atoms with van der Waals surface area (Å²) >= 11 is 0. The fourth-order valence-corrected chi connectivity index (χ4v) is 2.30. The van der Waals surface area contributed by atoms with E-state index in [1.165, 1.54) is 0 Å². The molecule has 0 radical (unpaired) electrons. The van der Waals surface area contributed by atoms with Gasteiger partial charge in [0.1, 0.15) is 0 Å². The lowest BCUT2D eigenvalue weighted by atomic mass is 9.88. The summed E-state index contributed by atoms with van der Waals surface area (Å²) < 4.78 is 4.63. The molecule has 0 spiro atoms. The lowest BCUT2D eigenvalue weighted by Crippen LogP contribution is -2.45. The van der Waals surface area contributed by atoms with E-state index in [-0.39, 0.29) is 12.8 Å². The molecule has 0 fully saturated rings. The lowest BCUT2D eigenvalue weighted by Gasteiger charge is -2.25. The molecule has 1 N–H and O–H groups in total. The van der Waals surface area contributed by atoms with Gasteiger partial charge in [-0.15, -0.1) is 0 Å². The summed E-state index contributed by atoms with van der Waals surface area (Å²) in [6.07, 6.45) is 0.156. The maximum atomic E-state index is 12.2. The van der Waals surface area contributed by atoms with E-state index < -0.39 is 17.5 Å². The molecular weight excluding hydrogens is 280 g/mol. The SMILES string of the molecule is CC(=O)OC(=O)C(O)(Cc1ccccc1)Cc1ccccc1. The van der Waals surface area contributed by atoms with Gasteiger partial charge in [-0.25, -0.2) is 4.79 Å². The molecule has 0 heterocycles. The van der Waals surface area contributed by atoms with Crippen molar-refractivity contribution in [2.75, 3.05) is 0 Å². The third-order valence-electron chi connectivity index (χ3n) is 3.30. The molecule has 0 saturated carbocycles. The van der Waals surface area contributed by atoms with Crippen molar-refractivity contribution in [3.05, 3.63) is 71.8 Å². The zero-order chi connectivity index (χ0) is 16.0. The summed E-state index contributed by atoms with van der Waals surface area (Å²) in [4.78, 5) is 23.2. The van der Waals surface area contributed by atoms with Crippen molar-refractivity contribution < 1.29 is 19.4 Å². The van der Waals surface area contributed by atoms with E-state index in [0.717, 1.165) is 18.1 Å². The fourth-order valence-electron chi connectivity index (χ4n) is 2.30. The van der Waals surface area contributed by atoms with Crippen molar-refractivity contribution in [3.8, 4) is 0 Å². The van der Waals surface area contributed by atoms with Gasteiger partial charge in [0.05, 0.1) is 0 Å². The highest BCUT2D eigenvalue weighted by Crippen LogP contribution is 2.21. The molecule has 0 amide bonds. The van der Waals surface area contributed by atoms with Gasteiger partial charge in [-0.3, -0.25) is 4.79 Å². The van der Waals surface area contributed by atoms with Gasteiger partial charge in [-0.1, -0.05) is 60.7 Å². The number of hydrogen-bond acceptors (Lipinski definition) is 4. The van der Waals surface area contributed by atoms with E-state index in [9.17, 15) is 14.7 Å². The fraction of sp³-hybridized carbons (Fsp3) is 0.222. The van der Waals surface area contributed by atoms with Crippen LogP contribution in [0.5, 0.6) is 0 Å². The first-order valence-electron chi connectivity index (χ1n) is 7.03. The average molecular weight is 298 g/mol. The molecule has 0 saturated heterocycles. The molecule has 114 valence electrons. The molecule has 0 unspecified atom stereocenters. The minimum Gasteiger partial charge on any atom is -0.391 e. The van der Waals surface area contributed by atoms with Crippen molar-refractivity contribution >= 4 is 11.9 Å². The van der Waals surface area contributed by atoms with Crippen LogP contribution in [0, 0.1) is 0 Å². The minimum atomic E-state index is -1.78. The first-order valence-corrected chi connectivity index (χ1v) is 7.03. The maximum Gasteiger partial charge on any atom is 0.346 e. The second-order valence-corrected chi connectivity index (χ2v) is 5.24. The third-order valence-corrected chi connectivity index (χ3v) is 3.30. The molecule has 4 heteroatoms. The van der Waals surface area contributed by atoms with Crippen LogP contribution >= 0.6 is 0 Å². The Bertz CT molecular complexity index is 593. The van der Waals surface area contributed by atoms with Crippen LogP contribution in [0.3, 0.4) is 0 Å². The number of benzene rings is 2. The summed E-state index contributed by atoms with van der Waals surface area (Å²) in [6.45, 7) is 1.14. The number of ether oxygens (including phenoxy) is 1. The predicted molar refractivity (Wildman–Crippen MR) is 82.0 cm³/mol. The van der Waals surface area contributed by atoms with Gasteiger partial charge in [0, 0.05) is 19.8 Å². The van der Waals surface area contributed by atoms with Gasteiger partial charge in [0.2, 0.25) is 0 Å². The lowest BCUT2D eigenvalue weighted by molar-refractivity contribution is -0.173. The summed E-state index contributed by atoms with van der Waals surface area (Å²) in [6, 6.07) is 18.3. The zero-order valence-corrected chi connectivity index (χ0v) is 12.4. The molecule has 0 aliphatic rings. The van der Waals surface area contributed by atoms with E-state index in [4.69, 9.17) is 0 Å². The second kappa shape index (κ2) is 7.00. The summed E-state index contributed by atoms with van der Waals surface area (Å²) in [5.41, 5.74) is -0.197. The van der Waals surface area contributed by atoms with Crippen molar-refractivity contribution in [3.63, 3.8) is 0 Å². The van der Waals surface area contributed by atoms with Gasteiger partial charge < -0.3 is 9.84 Å². The molecule has 0 atom stereocenters. The first-order chi connectivity index (χ1) is 10.5. The van der Waals surface area contributed by atoms with Gasteiger partial charge in [-0.05, 0) is 11.1 Å². The topological polar surface area (TPSA) is 63.6 Å². The van der Waals surface area contributed by atoms with Crippen molar-refractivity contribution in [1.82, 2.24) is 0 Å². The number of carbonyl (C=O) groups is 2. The Hall–Kier alpha value is -2.46. The Morgan fingerprint density at radius 1 is 0.909 bits per heavy atom. The smallest absolute Gasteiger partial charge is 0.346 e. The van der Waals surface area contributed by atoms with Crippen LogP contribution in [0.4, 0.5) is 0 Å². The van der Waals surface area contributed by atoms with Gasteiger partial charge >= 0.3 is 11.9 Å². The van der Waals surface area contributed by atoms with Crippen LogP contribution in [0.2, 0.25) is 0 Å². The quantitative estimate of drug-likeness (QED) is 0.679. The van der Waals surface area contributed by atoms with Gasteiger partial charge in [-0.2, -0.15) is 0 Å². The number of rotatable bonds is 5. The summed E-state index contributed by atoms with van der Waals surface area (Å²) in [5.74, 6) is -1.66. The van der Waals surface area contributed by atoms with Crippen LogP contribution in [-0.4, -0.2) is 22.6 Å². The largest absolute Gasteiger partial charge is 0.391 e.